The van der Waals surface area contributed by atoms with Gasteiger partial charge in [0.25, 0.3) is 0 Å². The first kappa shape index (κ1) is 15.7. The molecule has 3 rings (SSSR count). The number of benzene rings is 1. The van der Waals surface area contributed by atoms with Crippen molar-refractivity contribution in [1.29, 1.82) is 0 Å². The molecule has 8 heteroatoms. The highest BCUT2D eigenvalue weighted by atomic mass is 32.2. The molecule has 2 heterocycles. The molecule has 1 atom stereocenters. The van der Waals surface area contributed by atoms with Crippen molar-refractivity contribution in [2.75, 3.05) is 24.2 Å². The summed E-state index contributed by atoms with van der Waals surface area (Å²) in [6.07, 6.45) is 3.50. The summed E-state index contributed by atoms with van der Waals surface area (Å²) in [4.78, 5) is 17.5. The third-order valence-electron chi connectivity index (χ3n) is 3.86. The number of nitrogens with one attached hydrogen (secondary N) is 1. The number of hydrogen-bond donors (Lipinski definition) is 2. The van der Waals surface area contributed by atoms with E-state index in [1.54, 1.807) is 30.5 Å². The molecular weight excluding hydrogens is 318 g/mol. The lowest BCUT2D eigenvalue weighted by Gasteiger charge is -2.19. The second kappa shape index (κ2) is 5.78. The minimum absolute atomic E-state index is 0.139. The lowest BCUT2D eigenvalue weighted by molar-refractivity contribution is 0.0697. The van der Waals surface area contributed by atoms with Crippen molar-refractivity contribution in [3.8, 4) is 0 Å². The third-order valence-corrected chi connectivity index (χ3v) is 4.62. The monoisotopic (exact) mass is 335 g/mol. The number of pyridine rings is 1. The topological polar surface area (TPSA) is 99.6 Å². The SMILES string of the molecule is CS(=O)(=O)N[C@@H]1CCN(c2nccc3cc(C(=O)O)ccc23)C1. The van der Waals surface area contributed by atoms with Gasteiger partial charge in [0.2, 0.25) is 10.0 Å². The van der Waals surface area contributed by atoms with Gasteiger partial charge in [-0.2, -0.15) is 0 Å². The number of carboxylic acid groups (broad SMARTS) is 1. The molecule has 23 heavy (non-hydrogen) atoms. The minimum atomic E-state index is -3.23. The van der Waals surface area contributed by atoms with Gasteiger partial charge < -0.3 is 10.0 Å². The number of fused-ring (bicyclic) bond motifs is 1. The first-order valence-electron chi connectivity index (χ1n) is 7.18. The Balaban J connectivity index is 1.90. The molecule has 0 radical (unpaired) electrons. The van der Waals surface area contributed by atoms with E-state index in [1.165, 1.54) is 0 Å². The summed E-state index contributed by atoms with van der Waals surface area (Å²) >= 11 is 0. The van der Waals surface area contributed by atoms with Crippen LogP contribution >= 0.6 is 0 Å². The van der Waals surface area contributed by atoms with Crippen LogP contribution in [0.15, 0.2) is 30.5 Å². The molecular formula is C15H17N3O4S. The summed E-state index contributed by atoms with van der Waals surface area (Å²) in [5.41, 5.74) is 0.229. The molecule has 0 aliphatic carbocycles. The number of nitrogens with zero attached hydrogens (tertiary/aromatic N) is 2. The summed E-state index contributed by atoms with van der Waals surface area (Å²) in [7, 11) is -3.23. The Kier molecular flexibility index (Phi) is 3.95. The van der Waals surface area contributed by atoms with Gasteiger partial charge in [0.05, 0.1) is 11.8 Å². The van der Waals surface area contributed by atoms with Gasteiger partial charge in [0.15, 0.2) is 0 Å². The number of carbonyl (C=O) groups is 1. The molecule has 1 aliphatic heterocycles. The van der Waals surface area contributed by atoms with E-state index in [4.69, 9.17) is 5.11 Å². The molecule has 2 aromatic rings. The van der Waals surface area contributed by atoms with Gasteiger partial charge in [-0.3, -0.25) is 0 Å². The number of sulfonamides is 1. The van der Waals surface area contributed by atoms with Gasteiger partial charge in [0, 0.05) is 30.7 Å². The van der Waals surface area contributed by atoms with Crippen LogP contribution in [0.5, 0.6) is 0 Å². The summed E-state index contributed by atoms with van der Waals surface area (Å²) in [6, 6.07) is 6.55. The van der Waals surface area contributed by atoms with E-state index in [0.29, 0.717) is 19.5 Å². The molecule has 1 saturated heterocycles. The molecule has 7 nitrogen and oxygen atoms in total. The molecule has 0 amide bonds. The number of anilines is 1. The van der Waals surface area contributed by atoms with Crippen molar-refractivity contribution in [1.82, 2.24) is 9.71 Å². The molecule has 1 aromatic carbocycles. The Bertz CT molecular complexity index is 866. The quantitative estimate of drug-likeness (QED) is 0.867. The van der Waals surface area contributed by atoms with E-state index < -0.39 is 16.0 Å². The van der Waals surface area contributed by atoms with Crippen LogP contribution in [0.25, 0.3) is 10.8 Å². The van der Waals surface area contributed by atoms with Crippen molar-refractivity contribution in [2.24, 2.45) is 0 Å². The average molecular weight is 335 g/mol. The van der Waals surface area contributed by atoms with E-state index in [1.807, 2.05) is 4.90 Å². The molecule has 122 valence electrons. The van der Waals surface area contributed by atoms with E-state index >= 15 is 0 Å². The van der Waals surface area contributed by atoms with Gasteiger partial charge in [-0.1, -0.05) is 0 Å². The first-order chi connectivity index (χ1) is 10.8. The zero-order valence-corrected chi connectivity index (χ0v) is 13.4. The summed E-state index contributed by atoms with van der Waals surface area (Å²) in [5.74, 6) is -0.221. The lowest BCUT2D eigenvalue weighted by atomic mass is 10.1. The van der Waals surface area contributed by atoms with Crippen molar-refractivity contribution >= 4 is 32.6 Å². The average Bonchev–Trinajstić information content (AvgIpc) is 2.92. The lowest BCUT2D eigenvalue weighted by Crippen LogP contribution is -2.36. The highest BCUT2D eigenvalue weighted by Gasteiger charge is 2.26. The van der Waals surface area contributed by atoms with E-state index in [-0.39, 0.29) is 11.6 Å². The number of carboxylic acids is 1. The molecule has 0 unspecified atom stereocenters. The third kappa shape index (κ3) is 3.43. The summed E-state index contributed by atoms with van der Waals surface area (Å²) in [5, 5.41) is 10.7. The van der Waals surface area contributed by atoms with Crippen molar-refractivity contribution in [3.05, 3.63) is 36.0 Å². The summed E-state index contributed by atoms with van der Waals surface area (Å²) in [6.45, 7) is 1.24. The summed E-state index contributed by atoms with van der Waals surface area (Å²) < 4.78 is 25.3. The van der Waals surface area contributed by atoms with Gasteiger partial charge in [0.1, 0.15) is 5.82 Å². The molecule has 1 fully saturated rings. The number of rotatable bonds is 4. The van der Waals surface area contributed by atoms with E-state index in [9.17, 15) is 13.2 Å². The molecule has 0 bridgehead atoms. The maximum atomic E-state index is 11.3. The zero-order valence-electron chi connectivity index (χ0n) is 12.6. The van der Waals surface area contributed by atoms with Crippen LogP contribution in [0.1, 0.15) is 16.8 Å². The fourth-order valence-electron chi connectivity index (χ4n) is 2.90. The normalized spacial score (nSPS) is 18.5. The molecule has 0 spiro atoms. The molecule has 1 aliphatic rings. The molecule has 2 N–H and O–H groups in total. The van der Waals surface area contributed by atoms with Crippen molar-refractivity contribution in [2.45, 2.75) is 12.5 Å². The Morgan fingerprint density at radius 1 is 1.39 bits per heavy atom. The van der Waals surface area contributed by atoms with Crippen LogP contribution < -0.4 is 9.62 Å². The highest BCUT2D eigenvalue weighted by molar-refractivity contribution is 7.88. The zero-order chi connectivity index (χ0) is 16.6. The van der Waals surface area contributed by atoms with E-state index in [2.05, 4.69) is 9.71 Å². The minimum Gasteiger partial charge on any atom is -0.478 e. The van der Waals surface area contributed by atoms with Crippen LogP contribution in [0.4, 0.5) is 5.82 Å². The Hall–Kier alpha value is -2.19. The van der Waals surface area contributed by atoms with Gasteiger partial charge in [-0.25, -0.2) is 22.9 Å². The number of hydrogen-bond acceptors (Lipinski definition) is 5. The first-order valence-corrected chi connectivity index (χ1v) is 9.07. The smallest absolute Gasteiger partial charge is 0.335 e. The van der Waals surface area contributed by atoms with Crippen molar-refractivity contribution < 1.29 is 18.3 Å². The van der Waals surface area contributed by atoms with Crippen LogP contribution in [0, 0.1) is 0 Å². The van der Waals surface area contributed by atoms with Crippen LogP contribution in [-0.4, -0.2) is 49.9 Å². The predicted molar refractivity (Wildman–Crippen MR) is 87.3 cm³/mol. The largest absolute Gasteiger partial charge is 0.478 e. The number of aromatic carboxylic acids is 1. The fourth-order valence-corrected chi connectivity index (χ4v) is 3.70. The molecule has 0 saturated carbocycles. The van der Waals surface area contributed by atoms with Crippen LogP contribution in [0.3, 0.4) is 0 Å². The standard InChI is InChI=1S/C15H17N3O4S/c1-23(21,22)17-12-5-7-18(9-12)14-13-3-2-11(15(19)20)8-10(13)4-6-16-14/h2-4,6,8,12,17H,5,7,9H2,1H3,(H,19,20)/t12-/m1/s1. The van der Waals surface area contributed by atoms with Gasteiger partial charge >= 0.3 is 5.97 Å². The highest BCUT2D eigenvalue weighted by Crippen LogP contribution is 2.28. The van der Waals surface area contributed by atoms with Crippen molar-refractivity contribution in [3.63, 3.8) is 0 Å². The van der Waals surface area contributed by atoms with Gasteiger partial charge in [-0.05, 0) is 36.1 Å². The number of aromatic nitrogens is 1. The fraction of sp³-hybridized carbons (Fsp3) is 0.333. The van der Waals surface area contributed by atoms with E-state index in [0.717, 1.165) is 22.8 Å². The Morgan fingerprint density at radius 2 is 2.17 bits per heavy atom. The second-order valence-electron chi connectivity index (χ2n) is 5.70. The van der Waals surface area contributed by atoms with Crippen LogP contribution in [-0.2, 0) is 10.0 Å². The van der Waals surface area contributed by atoms with Crippen LogP contribution in [0.2, 0.25) is 0 Å². The Morgan fingerprint density at radius 3 is 2.87 bits per heavy atom. The maximum absolute atomic E-state index is 11.3. The predicted octanol–water partition coefficient (Wildman–Crippen LogP) is 1.06. The second-order valence-corrected chi connectivity index (χ2v) is 7.48. The van der Waals surface area contributed by atoms with Gasteiger partial charge in [-0.15, -0.1) is 0 Å². The Labute approximate surface area is 134 Å². The maximum Gasteiger partial charge on any atom is 0.335 e. The molecule has 1 aromatic heterocycles.